The van der Waals surface area contributed by atoms with Crippen molar-refractivity contribution in [2.24, 2.45) is 4.99 Å². The van der Waals surface area contributed by atoms with E-state index in [1.54, 1.807) is 25.8 Å². The van der Waals surface area contributed by atoms with E-state index in [2.05, 4.69) is 36.6 Å². The van der Waals surface area contributed by atoms with Crippen molar-refractivity contribution < 1.29 is 4.42 Å². The Bertz CT molecular complexity index is 899. The van der Waals surface area contributed by atoms with Crippen molar-refractivity contribution in [1.29, 1.82) is 0 Å². The van der Waals surface area contributed by atoms with Crippen LogP contribution in [0.15, 0.2) is 64.9 Å². The molecule has 0 amide bonds. The molecular weight excluding hydrogens is 366 g/mol. The first kappa shape index (κ1) is 19.2. The molecule has 0 aliphatic carbocycles. The number of guanidine groups is 1. The Balaban J connectivity index is 1.35. The van der Waals surface area contributed by atoms with Gasteiger partial charge in [0.25, 0.3) is 0 Å². The number of nitrogens with one attached hydrogen (secondary N) is 2. The van der Waals surface area contributed by atoms with E-state index >= 15 is 0 Å². The Morgan fingerprint density at radius 2 is 2.14 bits per heavy atom. The van der Waals surface area contributed by atoms with Crippen LogP contribution in [0.25, 0.3) is 5.82 Å². The lowest BCUT2D eigenvalue weighted by atomic mass is 10.2. The summed E-state index contributed by atoms with van der Waals surface area (Å²) in [5.74, 6) is 2.60. The third-order valence-corrected chi connectivity index (χ3v) is 5.18. The predicted molar refractivity (Wildman–Crippen MR) is 112 cm³/mol. The highest BCUT2D eigenvalue weighted by Crippen LogP contribution is 2.24. The van der Waals surface area contributed by atoms with Crippen LogP contribution in [0.5, 0.6) is 0 Å². The molecule has 4 rings (SSSR count). The number of aromatic nitrogens is 3. The van der Waals surface area contributed by atoms with Crippen molar-refractivity contribution in [3.63, 3.8) is 0 Å². The van der Waals surface area contributed by atoms with Crippen molar-refractivity contribution in [2.45, 2.75) is 25.4 Å². The van der Waals surface area contributed by atoms with Gasteiger partial charge in [-0.1, -0.05) is 0 Å². The molecule has 2 N–H and O–H groups in total. The molecule has 8 nitrogen and oxygen atoms in total. The number of rotatable bonds is 7. The zero-order valence-corrected chi connectivity index (χ0v) is 16.7. The van der Waals surface area contributed by atoms with Gasteiger partial charge in [0.05, 0.1) is 12.3 Å². The molecule has 1 atom stereocenters. The Kier molecular flexibility index (Phi) is 6.21. The minimum absolute atomic E-state index is 0.208. The van der Waals surface area contributed by atoms with Gasteiger partial charge >= 0.3 is 0 Å². The molecule has 1 fully saturated rings. The molecular formula is C21H27N7O. The number of nitrogens with zero attached hydrogens (tertiary/aromatic N) is 5. The maximum Gasteiger partial charge on any atom is 0.191 e. The van der Waals surface area contributed by atoms with Gasteiger partial charge in [-0.2, -0.15) is 0 Å². The first-order chi connectivity index (χ1) is 14.3. The lowest BCUT2D eigenvalue weighted by molar-refractivity contribution is 0.215. The fourth-order valence-electron chi connectivity index (χ4n) is 3.65. The van der Waals surface area contributed by atoms with Crippen molar-refractivity contribution >= 4 is 5.96 Å². The monoisotopic (exact) mass is 393 g/mol. The molecule has 0 spiro atoms. The molecule has 1 unspecified atom stereocenters. The van der Waals surface area contributed by atoms with Crippen LogP contribution in [-0.4, -0.2) is 52.1 Å². The molecule has 4 heterocycles. The number of aliphatic imine (C=N–C) groups is 1. The Labute approximate surface area is 170 Å². The van der Waals surface area contributed by atoms with Gasteiger partial charge in [-0.15, -0.1) is 0 Å². The summed E-state index contributed by atoms with van der Waals surface area (Å²) in [6, 6.07) is 8.25. The van der Waals surface area contributed by atoms with Gasteiger partial charge in [-0.05, 0) is 55.8 Å². The van der Waals surface area contributed by atoms with Crippen LogP contribution in [-0.2, 0) is 6.54 Å². The summed E-state index contributed by atoms with van der Waals surface area (Å²) < 4.78 is 7.58. The van der Waals surface area contributed by atoms with E-state index in [0.717, 1.165) is 42.7 Å². The largest absolute Gasteiger partial charge is 0.468 e. The average Bonchev–Trinajstić information content (AvgIpc) is 3.54. The van der Waals surface area contributed by atoms with E-state index in [0.29, 0.717) is 6.54 Å². The lowest BCUT2D eigenvalue weighted by Crippen LogP contribution is -2.42. The number of pyridine rings is 1. The molecule has 29 heavy (non-hydrogen) atoms. The highest BCUT2D eigenvalue weighted by atomic mass is 16.3. The van der Waals surface area contributed by atoms with Crippen LogP contribution < -0.4 is 10.6 Å². The molecule has 0 aromatic carbocycles. The molecule has 3 aromatic rings. The van der Waals surface area contributed by atoms with Gasteiger partial charge in [0, 0.05) is 38.7 Å². The van der Waals surface area contributed by atoms with E-state index in [4.69, 9.17) is 4.42 Å². The van der Waals surface area contributed by atoms with Crippen LogP contribution in [0.4, 0.5) is 0 Å². The molecule has 8 heteroatoms. The number of hydrogen-bond donors (Lipinski definition) is 2. The summed E-state index contributed by atoms with van der Waals surface area (Å²) in [5, 5.41) is 6.84. The van der Waals surface area contributed by atoms with Crippen LogP contribution in [0.3, 0.4) is 0 Å². The van der Waals surface area contributed by atoms with Gasteiger partial charge in [0.1, 0.15) is 17.9 Å². The predicted octanol–water partition coefficient (Wildman–Crippen LogP) is 2.36. The number of hydrogen-bond acceptors (Lipinski definition) is 5. The van der Waals surface area contributed by atoms with Crippen LogP contribution in [0.2, 0.25) is 0 Å². The molecule has 3 aromatic heterocycles. The minimum Gasteiger partial charge on any atom is -0.468 e. The number of likely N-dealkylation sites (tertiary alicyclic amines) is 1. The van der Waals surface area contributed by atoms with Crippen molar-refractivity contribution in [3.05, 3.63) is 66.8 Å². The zero-order chi connectivity index (χ0) is 19.9. The van der Waals surface area contributed by atoms with E-state index in [1.165, 1.54) is 12.8 Å². The molecule has 1 saturated heterocycles. The van der Waals surface area contributed by atoms with Gasteiger partial charge in [-0.25, -0.2) is 9.97 Å². The van der Waals surface area contributed by atoms with Gasteiger partial charge in [-0.3, -0.25) is 14.5 Å². The summed E-state index contributed by atoms with van der Waals surface area (Å²) in [5.41, 5.74) is 1.12. The maximum atomic E-state index is 5.70. The summed E-state index contributed by atoms with van der Waals surface area (Å²) in [4.78, 5) is 15.3. The maximum absolute atomic E-state index is 5.70. The number of imidazole rings is 1. The standard InChI is InChI=1S/C21H27N7O/c1-22-21(25-14-17-6-7-24-20(13-17)28-11-8-23-16-28)26-15-18(19-5-4-12-29-19)27-9-2-3-10-27/h4-8,11-13,16,18H,2-3,9-10,14-15H2,1H3,(H2,22,25,26). The fraction of sp³-hybridized carbons (Fsp3) is 0.381. The quantitative estimate of drug-likeness (QED) is 0.474. The molecule has 0 bridgehead atoms. The van der Waals surface area contributed by atoms with Crippen molar-refractivity contribution in [3.8, 4) is 5.82 Å². The second-order valence-electron chi connectivity index (χ2n) is 7.07. The third kappa shape index (κ3) is 4.83. The Hall–Kier alpha value is -3.13. The first-order valence-corrected chi connectivity index (χ1v) is 9.99. The van der Waals surface area contributed by atoms with Crippen molar-refractivity contribution in [2.75, 3.05) is 26.7 Å². The van der Waals surface area contributed by atoms with Gasteiger partial charge in [0.15, 0.2) is 5.96 Å². The molecule has 1 aliphatic heterocycles. The Morgan fingerprint density at radius 3 is 2.86 bits per heavy atom. The molecule has 152 valence electrons. The normalized spacial score (nSPS) is 16.1. The highest BCUT2D eigenvalue weighted by Gasteiger charge is 2.25. The SMILES string of the molecule is CN=C(NCc1ccnc(-n2ccnc2)c1)NCC(c1ccco1)N1CCCC1. The minimum atomic E-state index is 0.208. The van der Waals surface area contributed by atoms with E-state index in [9.17, 15) is 0 Å². The second kappa shape index (κ2) is 9.38. The summed E-state index contributed by atoms with van der Waals surface area (Å²) >= 11 is 0. The molecule has 0 saturated carbocycles. The zero-order valence-electron chi connectivity index (χ0n) is 16.7. The van der Waals surface area contributed by atoms with E-state index < -0.39 is 0 Å². The lowest BCUT2D eigenvalue weighted by Gasteiger charge is -2.26. The van der Waals surface area contributed by atoms with E-state index in [1.807, 2.05) is 35.2 Å². The van der Waals surface area contributed by atoms with Gasteiger partial charge < -0.3 is 15.1 Å². The van der Waals surface area contributed by atoms with Crippen LogP contribution in [0, 0.1) is 0 Å². The topological polar surface area (TPSA) is 83.5 Å². The molecule has 1 aliphatic rings. The average molecular weight is 393 g/mol. The number of furan rings is 1. The highest BCUT2D eigenvalue weighted by molar-refractivity contribution is 5.79. The van der Waals surface area contributed by atoms with Crippen molar-refractivity contribution in [1.82, 2.24) is 30.1 Å². The Morgan fingerprint density at radius 1 is 1.24 bits per heavy atom. The molecule has 0 radical (unpaired) electrons. The third-order valence-electron chi connectivity index (χ3n) is 5.18. The van der Waals surface area contributed by atoms with Crippen LogP contribution in [0.1, 0.15) is 30.2 Å². The fourth-order valence-corrected chi connectivity index (χ4v) is 3.65. The van der Waals surface area contributed by atoms with Crippen LogP contribution >= 0.6 is 0 Å². The van der Waals surface area contributed by atoms with Gasteiger partial charge in [0.2, 0.25) is 0 Å². The summed E-state index contributed by atoms with van der Waals surface area (Å²) in [6.07, 6.45) is 11.4. The summed E-state index contributed by atoms with van der Waals surface area (Å²) in [7, 11) is 1.79. The first-order valence-electron chi connectivity index (χ1n) is 9.99. The summed E-state index contributed by atoms with van der Waals surface area (Å²) in [6.45, 7) is 3.60. The van der Waals surface area contributed by atoms with E-state index in [-0.39, 0.29) is 6.04 Å². The smallest absolute Gasteiger partial charge is 0.191 e. The second-order valence-corrected chi connectivity index (χ2v) is 7.07.